The molecule has 0 radical (unpaired) electrons. The average molecular weight is 253 g/mol. The van der Waals surface area contributed by atoms with Crippen LogP contribution in [0, 0.1) is 5.82 Å². The summed E-state index contributed by atoms with van der Waals surface area (Å²) in [7, 11) is 0. The number of carbonyl (C=O) groups is 1. The molecule has 0 atom stereocenters. The molecule has 1 aromatic carbocycles. The molecule has 0 aliphatic rings. The third-order valence-corrected chi connectivity index (χ3v) is 2.82. The van der Waals surface area contributed by atoms with E-state index < -0.39 is 5.97 Å². The summed E-state index contributed by atoms with van der Waals surface area (Å²) < 4.78 is 13.7. The number of hydrogen-bond acceptors (Lipinski definition) is 2. The topological polar surface area (TPSA) is 40.5 Å². The number of aliphatic carboxylic acids is 1. The molecule has 0 saturated heterocycles. The van der Waals surface area contributed by atoms with E-state index in [2.05, 4.69) is 6.92 Å². The molecule has 3 nitrogen and oxygen atoms in total. The monoisotopic (exact) mass is 253 g/mol. The third kappa shape index (κ3) is 4.73. The maximum Gasteiger partial charge on any atom is 0.305 e. The maximum atomic E-state index is 13.7. The molecule has 1 rings (SSSR count). The van der Waals surface area contributed by atoms with Crippen molar-refractivity contribution in [3.63, 3.8) is 0 Å². The third-order valence-electron chi connectivity index (χ3n) is 2.82. The van der Waals surface area contributed by atoms with E-state index in [4.69, 9.17) is 5.11 Å². The van der Waals surface area contributed by atoms with Crippen LogP contribution in [0.3, 0.4) is 0 Å². The van der Waals surface area contributed by atoms with Crippen LogP contribution in [0.4, 0.5) is 10.1 Å². The van der Waals surface area contributed by atoms with Gasteiger partial charge in [-0.05, 0) is 18.6 Å². The Morgan fingerprint density at radius 3 is 2.61 bits per heavy atom. The van der Waals surface area contributed by atoms with Crippen molar-refractivity contribution >= 4 is 11.7 Å². The van der Waals surface area contributed by atoms with E-state index in [1.807, 2.05) is 4.90 Å². The van der Waals surface area contributed by atoms with Gasteiger partial charge in [0.15, 0.2) is 0 Å². The van der Waals surface area contributed by atoms with Crippen LogP contribution in [0.15, 0.2) is 24.3 Å². The van der Waals surface area contributed by atoms with Gasteiger partial charge in [0, 0.05) is 13.1 Å². The molecule has 18 heavy (non-hydrogen) atoms. The van der Waals surface area contributed by atoms with Gasteiger partial charge in [0.1, 0.15) is 5.82 Å². The van der Waals surface area contributed by atoms with E-state index >= 15 is 0 Å². The van der Waals surface area contributed by atoms with Crippen molar-refractivity contribution < 1.29 is 14.3 Å². The highest BCUT2D eigenvalue weighted by Crippen LogP contribution is 2.19. The molecule has 100 valence electrons. The van der Waals surface area contributed by atoms with Crippen LogP contribution in [0.5, 0.6) is 0 Å². The number of benzene rings is 1. The molecule has 0 aromatic heterocycles. The van der Waals surface area contributed by atoms with E-state index in [1.54, 1.807) is 18.2 Å². The largest absolute Gasteiger partial charge is 0.481 e. The number of unbranched alkanes of at least 4 members (excludes halogenated alkanes) is 2. The minimum absolute atomic E-state index is 0.0282. The molecular formula is C14H20FNO2. The summed E-state index contributed by atoms with van der Waals surface area (Å²) in [5.41, 5.74) is 0.495. The lowest BCUT2D eigenvalue weighted by Crippen LogP contribution is -2.28. The standard InChI is InChI=1S/C14H20FNO2/c1-2-3-6-10-16(11-9-14(17)18)13-8-5-4-7-12(13)15/h4-5,7-8H,2-3,6,9-11H2,1H3,(H,17,18). The second-order valence-electron chi connectivity index (χ2n) is 4.29. The lowest BCUT2D eigenvalue weighted by Gasteiger charge is -2.24. The lowest BCUT2D eigenvalue weighted by atomic mass is 10.2. The van der Waals surface area contributed by atoms with Crippen LogP contribution < -0.4 is 4.90 Å². The number of hydrogen-bond donors (Lipinski definition) is 1. The molecule has 0 bridgehead atoms. The number of para-hydroxylation sites is 1. The number of halogens is 1. The van der Waals surface area contributed by atoms with Gasteiger partial charge < -0.3 is 10.0 Å². The van der Waals surface area contributed by atoms with Crippen LogP contribution >= 0.6 is 0 Å². The van der Waals surface area contributed by atoms with Gasteiger partial charge in [-0.15, -0.1) is 0 Å². The molecule has 4 heteroatoms. The fourth-order valence-electron chi connectivity index (χ4n) is 1.84. The quantitative estimate of drug-likeness (QED) is 0.723. The summed E-state index contributed by atoms with van der Waals surface area (Å²) in [6.45, 7) is 3.15. The molecule has 0 amide bonds. The average Bonchev–Trinajstić information content (AvgIpc) is 2.34. The lowest BCUT2D eigenvalue weighted by molar-refractivity contribution is -0.136. The molecule has 1 N–H and O–H groups in total. The SMILES string of the molecule is CCCCCN(CCC(=O)O)c1ccccc1F. The Morgan fingerprint density at radius 1 is 1.28 bits per heavy atom. The Labute approximate surface area is 107 Å². The van der Waals surface area contributed by atoms with Crippen molar-refractivity contribution in [1.29, 1.82) is 0 Å². The van der Waals surface area contributed by atoms with Crippen molar-refractivity contribution in [2.24, 2.45) is 0 Å². The van der Waals surface area contributed by atoms with Crippen molar-refractivity contribution in [1.82, 2.24) is 0 Å². The van der Waals surface area contributed by atoms with E-state index in [-0.39, 0.29) is 12.2 Å². The van der Waals surface area contributed by atoms with Gasteiger partial charge in [-0.2, -0.15) is 0 Å². The Morgan fingerprint density at radius 2 is 2.00 bits per heavy atom. The zero-order valence-corrected chi connectivity index (χ0v) is 10.7. The first kappa shape index (κ1) is 14.5. The van der Waals surface area contributed by atoms with Crippen molar-refractivity contribution in [3.8, 4) is 0 Å². The number of nitrogens with zero attached hydrogens (tertiary/aromatic N) is 1. The molecule has 0 heterocycles. The molecule has 1 aromatic rings. The van der Waals surface area contributed by atoms with Crippen LogP contribution in [0.1, 0.15) is 32.6 Å². The van der Waals surface area contributed by atoms with Gasteiger partial charge in [-0.3, -0.25) is 4.79 Å². The summed E-state index contributed by atoms with van der Waals surface area (Å²) in [6.07, 6.45) is 3.13. The fraction of sp³-hybridized carbons (Fsp3) is 0.500. The summed E-state index contributed by atoms with van der Waals surface area (Å²) in [5.74, 6) is -1.15. The van der Waals surface area contributed by atoms with E-state index in [9.17, 15) is 9.18 Å². The Kier molecular flexibility index (Phi) is 6.19. The number of carboxylic acids is 1. The Hall–Kier alpha value is -1.58. The van der Waals surface area contributed by atoms with Crippen LogP contribution in [0.2, 0.25) is 0 Å². The predicted molar refractivity (Wildman–Crippen MR) is 70.4 cm³/mol. The number of rotatable bonds is 8. The minimum Gasteiger partial charge on any atom is -0.481 e. The van der Waals surface area contributed by atoms with Gasteiger partial charge in [0.25, 0.3) is 0 Å². The highest BCUT2D eigenvalue weighted by atomic mass is 19.1. The first-order valence-electron chi connectivity index (χ1n) is 6.36. The molecule has 0 spiro atoms. The molecular weight excluding hydrogens is 233 g/mol. The zero-order chi connectivity index (χ0) is 13.4. The number of carboxylic acid groups (broad SMARTS) is 1. The molecule has 0 aliphatic carbocycles. The maximum absolute atomic E-state index is 13.7. The second-order valence-corrected chi connectivity index (χ2v) is 4.29. The summed E-state index contributed by atoms with van der Waals surface area (Å²) >= 11 is 0. The summed E-state index contributed by atoms with van der Waals surface area (Å²) in [5, 5.41) is 8.73. The molecule has 0 saturated carbocycles. The fourth-order valence-corrected chi connectivity index (χ4v) is 1.84. The summed E-state index contributed by atoms with van der Waals surface area (Å²) in [4.78, 5) is 12.4. The van der Waals surface area contributed by atoms with E-state index in [0.717, 1.165) is 19.3 Å². The predicted octanol–water partition coefficient (Wildman–Crippen LogP) is 3.30. The van der Waals surface area contributed by atoms with Crippen LogP contribution in [-0.4, -0.2) is 24.2 Å². The van der Waals surface area contributed by atoms with E-state index in [0.29, 0.717) is 18.8 Å². The van der Waals surface area contributed by atoms with Gasteiger partial charge in [0.05, 0.1) is 12.1 Å². The van der Waals surface area contributed by atoms with Gasteiger partial charge in [-0.1, -0.05) is 31.9 Å². The second kappa shape index (κ2) is 7.69. The highest BCUT2D eigenvalue weighted by Gasteiger charge is 2.11. The first-order chi connectivity index (χ1) is 8.65. The molecule has 0 fully saturated rings. The van der Waals surface area contributed by atoms with Crippen LogP contribution in [0.25, 0.3) is 0 Å². The van der Waals surface area contributed by atoms with Gasteiger partial charge in [-0.25, -0.2) is 4.39 Å². The summed E-state index contributed by atoms with van der Waals surface area (Å²) in [6, 6.07) is 6.51. The van der Waals surface area contributed by atoms with Crippen molar-refractivity contribution in [2.75, 3.05) is 18.0 Å². The normalized spacial score (nSPS) is 10.3. The van der Waals surface area contributed by atoms with Crippen LogP contribution in [-0.2, 0) is 4.79 Å². The molecule has 0 aliphatic heterocycles. The minimum atomic E-state index is -0.855. The zero-order valence-electron chi connectivity index (χ0n) is 10.7. The van der Waals surface area contributed by atoms with Crippen molar-refractivity contribution in [3.05, 3.63) is 30.1 Å². The Balaban J connectivity index is 2.69. The number of anilines is 1. The van der Waals surface area contributed by atoms with E-state index in [1.165, 1.54) is 6.07 Å². The smallest absolute Gasteiger partial charge is 0.305 e. The Bertz CT molecular complexity index is 382. The van der Waals surface area contributed by atoms with Gasteiger partial charge >= 0.3 is 5.97 Å². The van der Waals surface area contributed by atoms with Crippen molar-refractivity contribution in [2.45, 2.75) is 32.6 Å². The first-order valence-corrected chi connectivity index (χ1v) is 6.36. The highest BCUT2D eigenvalue weighted by molar-refractivity contribution is 5.67. The molecule has 0 unspecified atom stereocenters. The van der Waals surface area contributed by atoms with Gasteiger partial charge in [0.2, 0.25) is 0 Å².